The summed E-state index contributed by atoms with van der Waals surface area (Å²) in [5.41, 5.74) is 2.25. The fraction of sp³-hybridized carbons (Fsp3) is 0.550. The van der Waals surface area contributed by atoms with Crippen molar-refractivity contribution in [3.05, 3.63) is 47.1 Å². The van der Waals surface area contributed by atoms with Crippen LogP contribution in [0.2, 0.25) is 0 Å². The topological polar surface area (TPSA) is 59.1 Å². The summed E-state index contributed by atoms with van der Waals surface area (Å²) in [5, 5.41) is 4.06. The molecule has 2 atom stereocenters. The fourth-order valence-corrected chi connectivity index (χ4v) is 2.71. The molecule has 1 N–H and O–H groups in total. The Hall–Kier alpha value is -1.40. The predicted molar refractivity (Wildman–Crippen MR) is 114 cm³/mol. The lowest BCUT2D eigenvalue weighted by molar-refractivity contribution is 0.361. The molecule has 0 aliphatic rings. The van der Waals surface area contributed by atoms with Gasteiger partial charge in [-0.3, -0.25) is 4.98 Å². The zero-order valence-electron chi connectivity index (χ0n) is 17.1. The van der Waals surface area contributed by atoms with Gasteiger partial charge in [0, 0.05) is 29.2 Å². The van der Waals surface area contributed by atoms with Crippen molar-refractivity contribution in [2.45, 2.75) is 47.0 Å². The average molecular weight is 419 g/mol. The Morgan fingerprint density at radius 2 is 1.89 bits per heavy atom. The lowest BCUT2D eigenvalue weighted by Crippen LogP contribution is -2.25. The highest BCUT2D eigenvalue weighted by Gasteiger charge is 2.22. The zero-order chi connectivity index (χ0) is 21.2. The van der Waals surface area contributed by atoms with Gasteiger partial charge < -0.3 is 5.32 Å². The maximum atomic E-state index is 13.0. The lowest BCUT2D eigenvalue weighted by Gasteiger charge is -2.28. The van der Waals surface area contributed by atoms with E-state index in [9.17, 15) is 12.8 Å². The van der Waals surface area contributed by atoms with E-state index >= 15 is 0 Å². The van der Waals surface area contributed by atoms with Crippen molar-refractivity contribution in [2.75, 3.05) is 12.5 Å². The van der Waals surface area contributed by atoms with Gasteiger partial charge in [0.1, 0.15) is 15.7 Å². The van der Waals surface area contributed by atoms with Crippen LogP contribution in [0.4, 0.5) is 4.39 Å². The van der Waals surface area contributed by atoms with Crippen molar-refractivity contribution in [1.82, 2.24) is 10.3 Å². The number of aromatic nitrogens is 1. The summed E-state index contributed by atoms with van der Waals surface area (Å²) in [6, 6.07) is 2.99. The Kier molecular flexibility index (Phi) is 11.5. The van der Waals surface area contributed by atoms with Gasteiger partial charge in [-0.05, 0) is 31.4 Å². The Bertz CT molecular complexity index is 719. The number of rotatable bonds is 8. The molecule has 0 saturated heterocycles. The average Bonchev–Trinajstić information content (AvgIpc) is 2.56. The summed E-state index contributed by atoms with van der Waals surface area (Å²) < 4.78 is 32.2. The van der Waals surface area contributed by atoms with Gasteiger partial charge in [0.15, 0.2) is 0 Å². The third-order valence-corrected chi connectivity index (χ3v) is 4.20. The molecule has 0 saturated carbocycles. The molecule has 1 heterocycles. The van der Waals surface area contributed by atoms with Gasteiger partial charge in [-0.1, -0.05) is 51.8 Å². The summed E-state index contributed by atoms with van der Waals surface area (Å²) in [7, 11) is -2.67. The second-order valence-electron chi connectivity index (χ2n) is 6.84. The number of nitrogens with zero attached hydrogens (tertiary/aromatic N) is 1. The molecule has 27 heavy (non-hydrogen) atoms. The molecule has 1 aromatic rings. The van der Waals surface area contributed by atoms with E-state index in [4.69, 9.17) is 11.6 Å². The van der Waals surface area contributed by atoms with Crippen LogP contribution in [0.25, 0.3) is 5.70 Å². The third kappa shape index (κ3) is 11.1. The first-order valence-electron chi connectivity index (χ1n) is 8.99. The number of nitrogens with one attached hydrogen (secondary N) is 1. The summed E-state index contributed by atoms with van der Waals surface area (Å²) in [6.45, 7) is 12.5. The minimum absolute atomic E-state index is 0.352. The van der Waals surface area contributed by atoms with E-state index < -0.39 is 9.84 Å². The molecule has 7 heteroatoms. The van der Waals surface area contributed by atoms with E-state index in [1.165, 1.54) is 12.3 Å². The van der Waals surface area contributed by atoms with Gasteiger partial charge in [-0.25, -0.2) is 12.8 Å². The molecule has 0 spiro atoms. The van der Waals surface area contributed by atoms with Crippen molar-refractivity contribution in [3.63, 3.8) is 0 Å². The summed E-state index contributed by atoms with van der Waals surface area (Å²) in [4.78, 5) is 4.06. The highest BCUT2D eigenvalue weighted by atomic mass is 35.5. The molecule has 0 radical (unpaired) electrons. The van der Waals surface area contributed by atoms with Crippen LogP contribution in [-0.4, -0.2) is 25.9 Å². The SMILES string of the molecule is C=C(N/C(=C(\C)Cl)[C@@H](CCC)[C@H](C)CC)c1ccc(F)cn1.CS(C)(=O)=O. The molecule has 0 fully saturated rings. The molecule has 0 aliphatic heterocycles. The van der Waals surface area contributed by atoms with Crippen molar-refractivity contribution in [2.24, 2.45) is 11.8 Å². The smallest absolute Gasteiger partial charge is 0.144 e. The molecule has 0 aromatic carbocycles. The number of halogens is 2. The first kappa shape index (κ1) is 25.6. The Balaban J connectivity index is 0.00000119. The maximum Gasteiger partial charge on any atom is 0.144 e. The van der Waals surface area contributed by atoms with Crippen LogP contribution in [0.1, 0.15) is 52.7 Å². The van der Waals surface area contributed by atoms with Crippen molar-refractivity contribution >= 4 is 27.1 Å². The largest absolute Gasteiger partial charge is 0.356 e. The Labute approximate surface area is 168 Å². The van der Waals surface area contributed by atoms with Crippen molar-refractivity contribution in [3.8, 4) is 0 Å². The summed E-state index contributed by atoms with van der Waals surface area (Å²) in [5.74, 6) is 0.513. The lowest BCUT2D eigenvalue weighted by atomic mass is 9.85. The van der Waals surface area contributed by atoms with Crippen LogP contribution < -0.4 is 5.32 Å². The number of pyridine rings is 1. The number of hydrogen-bond acceptors (Lipinski definition) is 4. The van der Waals surface area contributed by atoms with Crippen molar-refractivity contribution < 1.29 is 12.8 Å². The molecule has 4 nitrogen and oxygen atoms in total. The number of sulfone groups is 1. The second-order valence-corrected chi connectivity index (χ2v) is 9.69. The van der Waals surface area contributed by atoms with Crippen LogP contribution in [0.3, 0.4) is 0 Å². The first-order valence-corrected chi connectivity index (χ1v) is 11.7. The molecule has 1 aromatic heterocycles. The normalized spacial score (nSPS) is 14.4. The predicted octanol–water partition coefficient (Wildman–Crippen LogP) is 5.37. The molecular formula is C20H32ClFN2O2S. The quantitative estimate of drug-likeness (QED) is 0.616. The molecule has 154 valence electrons. The highest BCUT2D eigenvalue weighted by Crippen LogP contribution is 2.31. The monoisotopic (exact) mass is 418 g/mol. The van der Waals surface area contributed by atoms with Gasteiger partial charge in [0.05, 0.1) is 17.6 Å². The number of hydrogen-bond donors (Lipinski definition) is 1. The number of allylic oxidation sites excluding steroid dienone is 2. The van der Waals surface area contributed by atoms with Crippen LogP contribution in [0.15, 0.2) is 35.6 Å². The third-order valence-electron chi connectivity index (χ3n) is 3.99. The first-order chi connectivity index (χ1) is 12.4. The van der Waals surface area contributed by atoms with E-state index in [1.54, 1.807) is 6.07 Å². The molecule has 0 unspecified atom stereocenters. The van der Waals surface area contributed by atoms with Crippen molar-refractivity contribution in [1.29, 1.82) is 0 Å². The summed E-state index contributed by atoms with van der Waals surface area (Å²) >= 11 is 6.33. The van der Waals surface area contributed by atoms with E-state index in [-0.39, 0.29) is 5.82 Å². The Morgan fingerprint density at radius 3 is 2.26 bits per heavy atom. The van der Waals surface area contributed by atoms with Gasteiger partial charge in [0.25, 0.3) is 0 Å². The van der Waals surface area contributed by atoms with Gasteiger partial charge >= 0.3 is 0 Å². The molecule has 0 bridgehead atoms. The van der Waals surface area contributed by atoms with Crippen LogP contribution >= 0.6 is 11.6 Å². The van der Waals surface area contributed by atoms with Crippen LogP contribution in [-0.2, 0) is 9.84 Å². The van der Waals surface area contributed by atoms with Gasteiger partial charge in [-0.2, -0.15) is 0 Å². The minimum Gasteiger partial charge on any atom is -0.356 e. The standard InChI is InChI=1S/C18H26ClFN2.C2H6O2S/c1-6-8-16(12(3)7-2)18(13(4)19)22-14(5)17-10-9-15(20)11-21-17;1-5(2,3)4/h9-12,16,22H,5-8H2,1-4H3;1-2H3/b18-13+;/t12-,16+;/m1./s1. The Morgan fingerprint density at radius 1 is 1.33 bits per heavy atom. The maximum absolute atomic E-state index is 13.0. The van der Waals surface area contributed by atoms with E-state index in [2.05, 4.69) is 37.7 Å². The molecule has 1 rings (SSSR count). The second kappa shape index (κ2) is 12.1. The highest BCUT2D eigenvalue weighted by molar-refractivity contribution is 7.89. The molecule has 0 aliphatic carbocycles. The minimum atomic E-state index is -2.67. The van der Waals surface area contributed by atoms with Gasteiger partial charge in [0.2, 0.25) is 0 Å². The summed E-state index contributed by atoms with van der Waals surface area (Å²) in [6.07, 6.45) is 6.75. The molecular weight excluding hydrogens is 387 g/mol. The van der Waals surface area contributed by atoms with Gasteiger partial charge in [-0.15, -0.1) is 0 Å². The van der Waals surface area contributed by atoms with E-state index in [1.807, 2.05) is 6.92 Å². The van der Waals surface area contributed by atoms with Crippen LogP contribution in [0.5, 0.6) is 0 Å². The zero-order valence-corrected chi connectivity index (χ0v) is 18.7. The molecule has 0 amide bonds. The fourth-order valence-electron chi connectivity index (χ4n) is 2.52. The van der Waals surface area contributed by atoms with E-state index in [0.717, 1.165) is 42.5 Å². The van der Waals surface area contributed by atoms with Crippen LogP contribution in [0, 0.1) is 17.7 Å². The van der Waals surface area contributed by atoms with E-state index in [0.29, 0.717) is 23.2 Å².